The van der Waals surface area contributed by atoms with E-state index in [1.54, 1.807) is 31.6 Å². The van der Waals surface area contributed by atoms with Gasteiger partial charge in [0.15, 0.2) is 5.13 Å². The zero-order valence-electron chi connectivity index (χ0n) is 16.7. The maximum absolute atomic E-state index is 13.1. The summed E-state index contributed by atoms with van der Waals surface area (Å²) in [4.78, 5) is 21.2. The summed E-state index contributed by atoms with van der Waals surface area (Å²) in [6, 6.07) is 13.2. The van der Waals surface area contributed by atoms with Gasteiger partial charge in [-0.05, 0) is 48.5 Å². The maximum Gasteiger partial charge on any atom is 0.258 e. The van der Waals surface area contributed by atoms with Crippen LogP contribution < -0.4 is 14.8 Å². The molecule has 1 aromatic heterocycles. The van der Waals surface area contributed by atoms with Crippen LogP contribution in [0.3, 0.4) is 0 Å². The predicted molar refractivity (Wildman–Crippen MR) is 115 cm³/mol. The Bertz CT molecular complexity index is 1030. The smallest absolute Gasteiger partial charge is 0.258 e. The van der Waals surface area contributed by atoms with E-state index in [4.69, 9.17) is 9.47 Å². The van der Waals surface area contributed by atoms with E-state index < -0.39 is 0 Å². The van der Waals surface area contributed by atoms with E-state index in [9.17, 15) is 4.79 Å². The molecule has 2 heterocycles. The van der Waals surface area contributed by atoms with Crippen LogP contribution in [-0.2, 0) is 13.0 Å². The second-order valence-corrected chi connectivity index (χ2v) is 8.05. The molecule has 1 N–H and O–H groups in total. The van der Waals surface area contributed by atoms with Crippen molar-refractivity contribution in [2.75, 3.05) is 33.1 Å². The number of hydrogen-bond donors (Lipinski definition) is 1. The van der Waals surface area contributed by atoms with Gasteiger partial charge in [0, 0.05) is 24.4 Å². The minimum absolute atomic E-state index is 0.200. The highest BCUT2D eigenvalue weighted by Gasteiger charge is 2.21. The van der Waals surface area contributed by atoms with Crippen LogP contribution in [0.15, 0.2) is 42.5 Å². The highest BCUT2D eigenvalue weighted by molar-refractivity contribution is 7.15. The van der Waals surface area contributed by atoms with Crippen molar-refractivity contribution in [3.05, 3.63) is 58.6 Å². The molecular weight excluding hydrogens is 386 g/mol. The Labute approximate surface area is 174 Å². The fourth-order valence-corrected chi connectivity index (χ4v) is 4.49. The number of methoxy groups -OCH3 is 2. The van der Waals surface area contributed by atoms with Crippen molar-refractivity contribution in [3.63, 3.8) is 0 Å². The largest absolute Gasteiger partial charge is 0.497 e. The number of carbonyl (C=O) groups excluding carboxylic acids is 1. The number of ether oxygens (including phenoxy) is 2. The first-order valence-electron chi connectivity index (χ1n) is 9.38. The molecule has 0 unspecified atom stereocenters. The number of thiazole rings is 1. The van der Waals surface area contributed by atoms with Gasteiger partial charge in [0.1, 0.15) is 11.5 Å². The topological polar surface area (TPSA) is 63.7 Å². The SMILES string of the molecule is COc1ccc(-c2ccc(OC)cc2C(=O)Nc2nc3c(s2)CN(C)CC3)cc1. The van der Waals surface area contributed by atoms with Crippen molar-refractivity contribution in [2.24, 2.45) is 0 Å². The third kappa shape index (κ3) is 4.11. The van der Waals surface area contributed by atoms with Gasteiger partial charge in [0.05, 0.1) is 25.5 Å². The average Bonchev–Trinajstić information content (AvgIpc) is 3.14. The summed E-state index contributed by atoms with van der Waals surface area (Å²) in [5.74, 6) is 1.20. The average molecular weight is 410 g/mol. The molecule has 7 heteroatoms. The van der Waals surface area contributed by atoms with Gasteiger partial charge in [0.25, 0.3) is 5.91 Å². The minimum Gasteiger partial charge on any atom is -0.497 e. The third-order valence-corrected chi connectivity index (χ3v) is 6.01. The van der Waals surface area contributed by atoms with Gasteiger partial charge in [-0.1, -0.05) is 12.1 Å². The summed E-state index contributed by atoms with van der Waals surface area (Å²) in [7, 11) is 5.32. The number of likely N-dealkylation sites (N-methyl/N-ethyl adjacent to an activating group) is 1. The van der Waals surface area contributed by atoms with Gasteiger partial charge in [-0.15, -0.1) is 11.3 Å². The molecule has 3 aromatic rings. The van der Waals surface area contributed by atoms with Crippen molar-refractivity contribution >= 4 is 22.4 Å². The van der Waals surface area contributed by atoms with Crippen molar-refractivity contribution in [1.29, 1.82) is 0 Å². The molecule has 0 saturated heterocycles. The van der Waals surface area contributed by atoms with Gasteiger partial charge in [-0.3, -0.25) is 10.1 Å². The molecule has 150 valence electrons. The van der Waals surface area contributed by atoms with Crippen LogP contribution in [0.4, 0.5) is 5.13 Å². The summed E-state index contributed by atoms with van der Waals surface area (Å²) in [5, 5.41) is 3.62. The summed E-state index contributed by atoms with van der Waals surface area (Å²) in [6.07, 6.45) is 0.911. The number of anilines is 1. The quantitative estimate of drug-likeness (QED) is 0.688. The summed E-state index contributed by atoms with van der Waals surface area (Å²) in [5.41, 5.74) is 3.38. The number of rotatable bonds is 5. The van der Waals surface area contributed by atoms with Gasteiger partial charge < -0.3 is 14.4 Å². The first-order valence-corrected chi connectivity index (χ1v) is 10.2. The number of benzene rings is 2. The Morgan fingerprint density at radius 2 is 1.83 bits per heavy atom. The van der Waals surface area contributed by atoms with E-state index in [2.05, 4.69) is 22.2 Å². The number of amides is 1. The highest BCUT2D eigenvalue weighted by atomic mass is 32.1. The third-order valence-electron chi connectivity index (χ3n) is 5.01. The second-order valence-electron chi connectivity index (χ2n) is 6.97. The van der Waals surface area contributed by atoms with Crippen molar-refractivity contribution < 1.29 is 14.3 Å². The fourth-order valence-electron chi connectivity index (χ4n) is 3.40. The highest BCUT2D eigenvalue weighted by Crippen LogP contribution is 2.31. The van der Waals surface area contributed by atoms with Crippen LogP contribution in [0.25, 0.3) is 11.1 Å². The molecule has 1 amide bonds. The van der Waals surface area contributed by atoms with E-state index in [1.165, 1.54) is 4.88 Å². The molecule has 0 radical (unpaired) electrons. The molecule has 1 aliphatic heterocycles. The lowest BCUT2D eigenvalue weighted by molar-refractivity contribution is 0.102. The standard InChI is InChI=1S/C22H23N3O3S/c1-25-11-10-19-20(13-25)29-22(23-19)24-21(26)18-12-16(28-3)8-9-17(18)14-4-6-15(27-2)7-5-14/h4-9,12H,10-11,13H2,1-3H3,(H,23,24,26). The molecule has 0 fully saturated rings. The van der Waals surface area contributed by atoms with E-state index in [0.717, 1.165) is 42.1 Å². The molecule has 0 bridgehead atoms. The second kappa shape index (κ2) is 8.23. The van der Waals surface area contributed by atoms with Crippen molar-refractivity contribution in [2.45, 2.75) is 13.0 Å². The number of carbonyl (C=O) groups is 1. The molecule has 6 nitrogen and oxygen atoms in total. The maximum atomic E-state index is 13.1. The zero-order chi connectivity index (χ0) is 20.4. The Morgan fingerprint density at radius 3 is 2.55 bits per heavy atom. The van der Waals surface area contributed by atoms with E-state index in [0.29, 0.717) is 16.4 Å². The van der Waals surface area contributed by atoms with Crippen LogP contribution in [0.5, 0.6) is 11.5 Å². The number of aromatic nitrogens is 1. The Balaban J connectivity index is 1.64. The number of nitrogens with one attached hydrogen (secondary N) is 1. The lowest BCUT2D eigenvalue weighted by Gasteiger charge is -2.20. The van der Waals surface area contributed by atoms with Gasteiger partial charge in [0.2, 0.25) is 0 Å². The van der Waals surface area contributed by atoms with Crippen LogP contribution in [-0.4, -0.2) is 43.6 Å². The van der Waals surface area contributed by atoms with Crippen molar-refractivity contribution in [3.8, 4) is 22.6 Å². The van der Waals surface area contributed by atoms with Crippen LogP contribution in [0, 0.1) is 0 Å². The summed E-state index contributed by atoms with van der Waals surface area (Å²) >= 11 is 1.55. The lowest BCUT2D eigenvalue weighted by Crippen LogP contribution is -2.25. The molecule has 0 saturated carbocycles. The van der Waals surface area contributed by atoms with Gasteiger partial charge in [-0.2, -0.15) is 0 Å². The summed E-state index contributed by atoms with van der Waals surface area (Å²) in [6.45, 7) is 1.86. The van der Waals surface area contributed by atoms with E-state index >= 15 is 0 Å². The normalized spacial score (nSPS) is 13.6. The molecule has 29 heavy (non-hydrogen) atoms. The predicted octanol–water partition coefficient (Wildman–Crippen LogP) is 4.07. The monoisotopic (exact) mass is 409 g/mol. The number of nitrogens with zero attached hydrogens (tertiary/aromatic N) is 2. The van der Waals surface area contributed by atoms with Crippen molar-refractivity contribution in [1.82, 2.24) is 9.88 Å². The Morgan fingerprint density at radius 1 is 1.10 bits per heavy atom. The first-order chi connectivity index (χ1) is 14.1. The first kappa shape index (κ1) is 19.4. The minimum atomic E-state index is -0.200. The number of hydrogen-bond acceptors (Lipinski definition) is 6. The molecule has 0 atom stereocenters. The van der Waals surface area contributed by atoms with E-state index in [1.807, 2.05) is 36.4 Å². The van der Waals surface area contributed by atoms with Gasteiger partial charge in [-0.25, -0.2) is 4.98 Å². The van der Waals surface area contributed by atoms with Crippen LogP contribution in [0.2, 0.25) is 0 Å². The number of fused-ring (bicyclic) bond motifs is 1. The zero-order valence-corrected chi connectivity index (χ0v) is 17.5. The molecule has 0 aliphatic carbocycles. The Kier molecular flexibility index (Phi) is 5.51. The van der Waals surface area contributed by atoms with Crippen LogP contribution >= 0.6 is 11.3 Å². The lowest BCUT2D eigenvalue weighted by atomic mass is 9.98. The van der Waals surface area contributed by atoms with E-state index in [-0.39, 0.29) is 5.91 Å². The Hall–Kier alpha value is -2.90. The summed E-state index contributed by atoms with van der Waals surface area (Å²) < 4.78 is 10.6. The molecule has 1 aliphatic rings. The molecule has 2 aromatic carbocycles. The molecule has 0 spiro atoms. The molecule has 4 rings (SSSR count). The molecular formula is C22H23N3O3S. The van der Waals surface area contributed by atoms with Gasteiger partial charge >= 0.3 is 0 Å². The fraction of sp³-hybridized carbons (Fsp3) is 0.273. The van der Waals surface area contributed by atoms with Crippen LogP contribution in [0.1, 0.15) is 20.9 Å².